The van der Waals surface area contributed by atoms with E-state index in [1.54, 1.807) is 0 Å². The molecular formula is C18H31N3O2. The zero-order valence-electron chi connectivity index (χ0n) is 15.0. The highest BCUT2D eigenvalue weighted by Gasteiger charge is 2.29. The van der Waals surface area contributed by atoms with Gasteiger partial charge in [0.2, 0.25) is 0 Å². The first-order valence-electron chi connectivity index (χ1n) is 8.70. The van der Waals surface area contributed by atoms with Gasteiger partial charge < -0.3 is 19.5 Å². The van der Waals surface area contributed by atoms with Crippen LogP contribution < -0.4 is 5.32 Å². The van der Waals surface area contributed by atoms with Crippen molar-refractivity contribution in [3.8, 4) is 0 Å². The zero-order chi connectivity index (χ0) is 16.9. The van der Waals surface area contributed by atoms with Crippen LogP contribution in [0.1, 0.15) is 46.1 Å². The van der Waals surface area contributed by atoms with Crippen molar-refractivity contribution >= 4 is 6.09 Å². The van der Waals surface area contributed by atoms with Crippen LogP contribution in [0.4, 0.5) is 4.79 Å². The predicted molar refractivity (Wildman–Crippen MR) is 92.3 cm³/mol. The summed E-state index contributed by atoms with van der Waals surface area (Å²) in [7, 11) is 0. The Morgan fingerprint density at radius 3 is 2.87 bits per heavy atom. The number of carbonyl (C=O) groups is 1. The Bertz CT molecular complexity index is 505. The van der Waals surface area contributed by atoms with Crippen molar-refractivity contribution in [3.63, 3.8) is 0 Å². The van der Waals surface area contributed by atoms with Crippen LogP contribution in [0.3, 0.4) is 0 Å². The summed E-state index contributed by atoms with van der Waals surface area (Å²) in [4.78, 5) is 13.9. The van der Waals surface area contributed by atoms with Gasteiger partial charge in [-0.3, -0.25) is 0 Å². The van der Waals surface area contributed by atoms with Gasteiger partial charge in [-0.1, -0.05) is 0 Å². The molecular weight excluding hydrogens is 290 g/mol. The molecule has 2 rings (SSSR count). The number of aromatic nitrogens is 1. The Kier molecular flexibility index (Phi) is 6.10. The first kappa shape index (κ1) is 17.9. The normalized spacial score (nSPS) is 18.4. The fourth-order valence-electron chi connectivity index (χ4n) is 2.89. The minimum Gasteiger partial charge on any atom is -0.444 e. The lowest BCUT2D eigenvalue weighted by molar-refractivity contribution is 0.0287. The summed E-state index contributed by atoms with van der Waals surface area (Å²) < 4.78 is 7.62. The molecule has 5 heteroatoms. The fourth-order valence-corrected chi connectivity index (χ4v) is 2.89. The number of carbonyl (C=O) groups excluding carboxylic acids is 1. The van der Waals surface area contributed by atoms with E-state index in [9.17, 15) is 4.79 Å². The van der Waals surface area contributed by atoms with Crippen molar-refractivity contribution in [1.29, 1.82) is 0 Å². The molecule has 0 aromatic carbocycles. The largest absolute Gasteiger partial charge is 0.444 e. The number of likely N-dealkylation sites (tertiary alicyclic amines) is 1. The SMILES string of the molecule is CCn1ccc(CNCCC2CCN(C(=O)OC(C)(C)C)C2)c1. The van der Waals surface area contributed by atoms with E-state index in [1.807, 2.05) is 25.7 Å². The van der Waals surface area contributed by atoms with E-state index in [4.69, 9.17) is 4.74 Å². The minimum atomic E-state index is -0.411. The Morgan fingerprint density at radius 1 is 1.43 bits per heavy atom. The minimum absolute atomic E-state index is 0.172. The summed E-state index contributed by atoms with van der Waals surface area (Å²) >= 11 is 0. The van der Waals surface area contributed by atoms with E-state index in [1.165, 1.54) is 5.56 Å². The van der Waals surface area contributed by atoms with Crippen molar-refractivity contribution in [2.45, 2.75) is 59.2 Å². The van der Waals surface area contributed by atoms with Gasteiger partial charge in [0.25, 0.3) is 0 Å². The molecule has 1 aliphatic heterocycles. The fraction of sp³-hybridized carbons (Fsp3) is 0.722. The third-order valence-electron chi connectivity index (χ3n) is 4.17. The predicted octanol–water partition coefficient (Wildman–Crippen LogP) is 3.24. The van der Waals surface area contributed by atoms with Crippen molar-refractivity contribution in [1.82, 2.24) is 14.8 Å². The first-order valence-corrected chi connectivity index (χ1v) is 8.70. The highest BCUT2D eigenvalue weighted by molar-refractivity contribution is 5.68. The molecule has 1 aliphatic rings. The third kappa shape index (κ3) is 5.90. The van der Waals surface area contributed by atoms with E-state index >= 15 is 0 Å². The number of rotatable bonds is 6. The number of aryl methyl sites for hydroxylation is 1. The van der Waals surface area contributed by atoms with Crippen LogP contribution >= 0.6 is 0 Å². The van der Waals surface area contributed by atoms with Crippen LogP contribution in [0.15, 0.2) is 18.5 Å². The van der Waals surface area contributed by atoms with E-state index < -0.39 is 5.60 Å². The summed E-state index contributed by atoms with van der Waals surface area (Å²) in [5, 5.41) is 3.50. The summed E-state index contributed by atoms with van der Waals surface area (Å²) in [6, 6.07) is 2.16. The summed E-state index contributed by atoms with van der Waals surface area (Å²) in [5.74, 6) is 0.579. The monoisotopic (exact) mass is 321 g/mol. The maximum absolute atomic E-state index is 12.0. The second-order valence-corrected chi connectivity index (χ2v) is 7.40. The molecule has 5 nitrogen and oxygen atoms in total. The lowest BCUT2D eigenvalue weighted by Crippen LogP contribution is -2.35. The van der Waals surface area contributed by atoms with Crippen molar-refractivity contribution in [2.75, 3.05) is 19.6 Å². The molecule has 1 fully saturated rings. The van der Waals surface area contributed by atoms with Crippen LogP contribution in [-0.4, -0.2) is 40.8 Å². The average Bonchev–Trinajstić information content (AvgIpc) is 3.11. The highest BCUT2D eigenvalue weighted by atomic mass is 16.6. The van der Waals surface area contributed by atoms with Gasteiger partial charge in [-0.2, -0.15) is 0 Å². The summed E-state index contributed by atoms with van der Waals surface area (Å²) in [6.07, 6.45) is 6.31. The van der Waals surface area contributed by atoms with Gasteiger partial charge in [-0.05, 0) is 64.6 Å². The van der Waals surface area contributed by atoms with Gasteiger partial charge in [0, 0.05) is 38.6 Å². The van der Waals surface area contributed by atoms with Crippen LogP contribution in [0.2, 0.25) is 0 Å². The number of amides is 1. The maximum atomic E-state index is 12.0. The van der Waals surface area contributed by atoms with Crippen LogP contribution in [-0.2, 0) is 17.8 Å². The van der Waals surface area contributed by atoms with E-state index in [0.717, 1.165) is 45.6 Å². The second kappa shape index (κ2) is 7.86. The summed E-state index contributed by atoms with van der Waals surface area (Å²) in [5.41, 5.74) is 0.916. The lowest BCUT2D eigenvalue weighted by Gasteiger charge is -2.24. The molecule has 23 heavy (non-hydrogen) atoms. The number of ether oxygens (including phenoxy) is 1. The van der Waals surface area contributed by atoms with Crippen molar-refractivity contribution in [3.05, 3.63) is 24.0 Å². The molecule has 1 unspecified atom stereocenters. The molecule has 0 saturated carbocycles. The zero-order valence-corrected chi connectivity index (χ0v) is 15.0. The van der Waals surface area contributed by atoms with Gasteiger partial charge in [0.05, 0.1) is 0 Å². The van der Waals surface area contributed by atoms with Crippen molar-refractivity contribution < 1.29 is 9.53 Å². The Balaban J connectivity index is 1.63. The molecule has 0 spiro atoms. The van der Waals surface area contributed by atoms with Crippen LogP contribution in [0.25, 0.3) is 0 Å². The Hall–Kier alpha value is -1.49. The number of nitrogens with one attached hydrogen (secondary N) is 1. The van der Waals surface area contributed by atoms with Crippen molar-refractivity contribution in [2.24, 2.45) is 5.92 Å². The molecule has 1 N–H and O–H groups in total. The third-order valence-corrected chi connectivity index (χ3v) is 4.17. The molecule has 1 saturated heterocycles. The Morgan fingerprint density at radius 2 is 2.22 bits per heavy atom. The van der Waals surface area contributed by atoms with Gasteiger partial charge in [0.15, 0.2) is 0 Å². The number of nitrogens with zero attached hydrogens (tertiary/aromatic N) is 2. The van der Waals surface area contributed by atoms with Gasteiger partial charge in [-0.15, -0.1) is 0 Å². The van der Waals surface area contributed by atoms with Crippen LogP contribution in [0, 0.1) is 5.92 Å². The first-order chi connectivity index (χ1) is 10.9. The smallest absolute Gasteiger partial charge is 0.410 e. The topological polar surface area (TPSA) is 46.5 Å². The second-order valence-electron chi connectivity index (χ2n) is 7.40. The number of hydrogen-bond acceptors (Lipinski definition) is 3. The average molecular weight is 321 g/mol. The number of hydrogen-bond donors (Lipinski definition) is 1. The van der Waals surface area contributed by atoms with E-state index in [2.05, 4.69) is 35.3 Å². The molecule has 1 amide bonds. The van der Waals surface area contributed by atoms with Crippen LogP contribution in [0.5, 0.6) is 0 Å². The quantitative estimate of drug-likeness (QED) is 0.818. The van der Waals surface area contributed by atoms with Gasteiger partial charge >= 0.3 is 6.09 Å². The molecule has 1 atom stereocenters. The molecule has 2 heterocycles. The standard InChI is InChI=1S/C18H31N3O2/c1-5-20-10-7-16(13-20)12-19-9-6-15-8-11-21(14-15)17(22)23-18(2,3)4/h7,10,13,15,19H,5-6,8-9,11-12,14H2,1-4H3. The molecule has 1 aromatic heterocycles. The summed E-state index contributed by atoms with van der Waals surface area (Å²) in [6.45, 7) is 12.4. The molecule has 0 radical (unpaired) electrons. The molecule has 0 bridgehead atoms. The van der Waals surface area contributed by atoms with Gasteiger partial charge in [0.1, 0.15) is 5.60 Å². The van der Waals surface area contributed by atoms with E-state index in [0.29, 0.717) is 5.92 Å². The Labute approximate surface area is 140 Å². The highest BCUT2D eigenvalue weighted by Crippen LogP contribution is 2.21. The molecule has 0 aliphatic carbocycles. The van der Waals surface area contributed by atoms with E-state index in [-0.39, 0.29) is 6.09 Å². The van der Waals surface area contributed by atoms with Gasteiger partial charge in [-0.25, -0.2) is 4.79 Å². The maximum Gasteiger partial charge on any atom is 0.410 e. The molecule has 1 aromatic rings. The lowest BCUT2D eigenvalue weighted by atomic mass is 10.1. The molecule has 130 valence electrons.